The average Bonchev–Trinajstić information content (AvgIpc) is 2.89. The summed E-state index contributed by atoms with van der Waals surface area (Å²) < 4.78 is 5.85. The highest BCUT2D eigenvalue weighted by atomic mass is 79.9. The van der Waals surface area contributed by atoms with Crippen LogP contribution < -0.4 is 0 Å². The molecule has 1 nitrogen and oxygen atoms in total. The Hall–Kier alpha value is -0.600. The van der Waals surface area contributed by atoms with Gasteiger partial charge in [-0.2, -0.15) is 0 Å². The molecule has 0 heterocycles. The summed E-state index contributed by atoms with van der Waals surface area (Å²) in [6.45, 7) is 3.88. The second-order valence-corrected chi connectivity index (χ2v) is 6.38. The lowest BCUT2D eigenvalue weighted by atomic mass is 9.79. The first-order valence-corrected chi connectivity index (χ1v) is 8.19. The zero-order valence-electron chi connectivity index (χ0n) is 11.6. The Bertz CT molecular complexity index is 391. The van der Waals surface area contributed by atoms with Crippen LogP contribution in [-0.2, 0) is 11.3 Å². The summed E-state index contributed by atoms with van der Waals surface area (Å²) >= 11 is 3.69. The van der Waals surface area contributed by atoms with Gasteiger partial charge < -0.3 is 4.74 Å². The Morgan fingerprint density at radius 2 is 1.89 bits per heavy atom. The number of hydrogen-bond donors (Lipinski definition) is 0. The molecule has 0 saturated heterocycles. The smallest absolute Gasteiger partial charge is 0.0717 e. The zero-order chi connectivity index (χ0) is 13.6. The van der Waals surface area contributed by atoms with Gasteiger partial charge in [0.1, 0.15) is 0 Å². The maximum absolute atomic E-state index is 5.85. The van der Waals surface area contributed by atoms with Crippen molar-refractivity contribution in [3.63, 3.8) is 0 Å². The molecule has 0 aromatic heterocycles. The first-order valence-electron chi connectivity index (χ1n) is 7.07. The van der Waals surface area contributed by atoms with E-state index in [1.54, 1.807) is 0 Å². The fraction of sp³-hybridized carbons (Fsp3) is 0.529. The van der Waals surface area contributed by atoms with Crippen LogP contribution in [-0.4, -0.2) is 11.9 Å². The Kier molecular flexibility index (Phi) is 5.65. The number of ether oxygens (including phenoxy) is 1. The van der Waals surface area contributed by atoms with Crippen molar-refractivity contribution in [2.75, 3.05) is 11.9 Å². The average molecular weight is 323 g/mol. The predicted molar refractivity (Wildman–Crippen MR) is 84.5 cm³/mol. The zero-order valence-corrected chi connectivity index (χ0v) is 13.2. The molecule has 2 heteroatoms. The van der Waals surface area contributed by atoms with Gasteiger partial charge in [0.05, 0.1) is 6.61 Å². The molecular formula is C17H23BrO. The van der Waals surface area contributed by atoms with Crippen molar-refractivity contribution in [3.8, 4) is 0 Å². The second kappa shape index (κ2) is 7.25. The van der Waals surface area contributed by atoms with E-state index >= 15 is 0 Å². The summed E-state index contributed by atoms with van der Waals surface area (Å²) in [5.41, 5.74) is 1.70. The van der Waals surface area contributed by atoms with Crippen LogP contribution in [0, 0.1) is 11.3 Å². The Balaban J connectivity index is 1.71. The van der Waals surface area contributed by atoms with E-state index in [1.165, 1.54) is 24.8 Å². The monoisotopic (exact) mass is 322 g/mol. The van der Waals surface area contributed by atoms with Gasteiger partial charge in [-0.1, -0.05) is 65.3 Å². The first kappa shape index (κ1) is 14.8. The van der Waals surface area contributed by atoms with Crippen LogP contribution in [0.5, 0.6) is 0 Å². The minimum Gasteiger partial charge on any atom is -0.376 e. The molecule has 0 N–H and O–H groups in total. The van der Waals surface area contributed by atoms with Crippen LogP contribution in [0.25, 0.3) is 0 Å². The number of allylic oxidation sites excluding steroid dienone is 2. The molecule has 0 spiro atoms. The fourth-order valence-electron chi connectivity index (χ4n) is 2.83. The van der Waals surface area contributed by atoms with E-state index in [2.05, 4.69) is 59.3 Å². The minimum absolute atomic E-state index is 0.440. The standard InChI is InChI=1S/C17H23BrO/c1-15(11-17(14-18)9-5-6-10-17)12-19-13-16-7-3-2-4-8-16/h2-8,15H,9-14H2,1H3. The van der Waals surface area contributed by atoms with Gasteiger partial charge in [-0.25, -0.2) is 0 Å². The Morgan fingerprint density at radius 3 is 2.53 bits per heavy atom. The number of alkyl halides is 1. The molecule has 0 fully saturated rings. The second-order valence-electron chi connectivity index (χ2n) is 5.82. The molecule has 0 saturated carbocycles. The molecule has 1 atom stereocenters. The topological polar surface area (TPSA) is 9.23 Å². The summed E-state index contributed by atoms with van der Waals surface area (Å²) in [7, 11) is 0. The van der Waals surface area contributed by atoms with Crippen LogP contribution in [0.4, 0.5) is 0 Å². The lowest BCUT2D eigenvalue weighted by Gasteiger charge is -2.29. The summed E-state index contributed by atoms with van der Waals surface area (Å²) in [4.78, 5) is 0. The van der Waals surface area contributed by atoms with Gasteiger partial charge in [-0.05, 0) is 36.2 Å². The third-order valence-electron chi connectivity index (χ3n) is 3.85. The Labute approximate surface area is 125 Å². The third kappa shape index (κ3) is 4.47. The number of halogens is 1. The van der Waals surface area contributed by atoms with Gasteiger partial charge in [0.2, 0.25) is 0 Å². The molecular weight excluding hydrogens is 300 g/mol. The van der Waals surface area contributed by atoms with E-state index in [4.69, 9.17) is 4.74 Å². The van der Waals surface area contributed by atoms with Crippen molar-refractivity contribution in [2.45, 2.75) is 32.8 Å². The summed E-state index contributed by atoms with van der Waals surface area (Å²) in [5.74, 6) is 0.612. The van der Waals surface area contributed by atoms with Crippen LogP contribution in [0.2, 0.25) is 0 Å². The largest absolute Gasteiger partial charge is 0.376 e. The van der Waals surface area contributed by atoms with Crippen molar-refractivity contribution in [3.05, 3.63) is 48.0 Å². The molecule has 1 aromatic carbocycles. The molecule has 1 aliphatic rings. The normalized spacial score (nSPS) is 18.6. The molecule has 1 aliphatic carbocycles. The first-order chi connectivity index (χ1) is 9.24. The SMILES string of the molecule is CC(COCc1ccccc1)CC1(CBr)CC=CC1. The molecule has 1 unspecified atom stereocenters. The predicted octanol–water partition coefficient (Wildman–Crippen LogP) is 4.96. The third-order valence-corrected chi connectivity index (χ3v) is 5.04. The van der Waals surface area contributed by atoms with Crippen molar-refractivity contribution in [1.29, 1.82) is 0 Å². The molecule has 0 radical (unpaired) electrons. The maximum Gasteiger partial charge on any atom is 0.0717 e. The number of rotatable bonds is 7. The Morgan fingerprint density at radius 1 is 1.21 bits per heavy atom. The molecule has 0 amide bonds. The highest BCUT2D eigenvalue weighted by molar-refractivity contribution is 9.09. The van der Waals surface area contributed by atoms with E-state index in [1.807, 2.05) is 6.07 Å². The maximum atomic E-state index is 5.85. The van der Waals surface area contributed by atoms with Crippen LogP contribution >= 0.6 is 15.9 Å². The van der Waals surface area contributed by atoms with Gasteiger partial charge in [-0.3, -0.25) is 0 Å². The molecule has 2 rings (SSSR count). The van der Waals surface area contributed by atoms with Crippen molar-refractivity contribution in [2.24, 2.45) is 11.3 Å². The van der Waals surface area contributed by atoms with Gasteiger partial charge in [-0.15, -0.1) is 0 Å². The van der Waals surface area contributed by atoms with Gasteiger partial charge in [0.25, 0.3) is 0 Å². The van der Waals surface area contributed by atoms with Crippen LogP contribution in [0.3, 0.4) is 0 Å². The minimum atomic E-state index is 0.440. The highest BCUT2D eigenvalue weighted by Gasteiger charge is 2.31. The lowest BCUT2D eigenvalue weighted by Crippen LogP contribution is -2.24. The quantitative estimate of drug-likeness (QED) is 0.509. The van der Waals surface area contributed by atoms with E-state index in [-0.39, 0.29) is 0 Å². The molecule has 1 aromatic rings. The van der Waals surface area contributed by atoms with Gasteiger partial charge in [0.15, 0.2) is 0 Å². The number of benzene rings is 1. The lowest BCUT2D eigenvalue weighted by molar-refractivity contribution is 0.0758. The van der Waals surface area contributed by atoms with Crippen LogP contribution in [0.15, 0.2) is 42.5 Å². The van der Waals surface area contributed by atoms with Gasteiger partial charge in [0, 0.05) is 11.9 Å². The fourth-order valence-corrected chi connectivity index (χ4v) is 3.52. The molecule has 19 heavy (non-hydrogen) atoms. The van der Waals surface area contributed by atoms with Gasteiger partial charge >= 0.3 is 0 Å². The summed E-state index contributed by atoms with van der Waals surface area (Å²) in [6.07, 6.45) is 8.29. The molecule has 104 valence electrons. The molecule has 0 bridgehead atoms. The van der Waals surface area contributed by atoms with E-state index in [9.17, 15) is 0 Å². The summed E-state index contributed by atoms with van der Waals surface area (Å²) in [6, 6.07) is 10.4. The summed E-state index contributed by atoms with van der Waals surface area (Å²) in [5, 5.41) is 1.09. The van der Waals surface area contributed by atoms with Crippen LogP contribution in [0.1, 0.15) is 31.7 Å². The van der Waals surface area contributed by atoms with E-state index < -0.39 is 0 Å². The molecule has 0 aliphatic heterocycles. The van der Waals surface area contributed by atoms with E-state index in [0.29, 0.717) is 11.3 Å². The van der Waals surface area contributed by atoms with E-state index in [0.717, 1.165) is 18.5 Å². The number of hydrogen-bond acceptors (Lipinski definition) is 1. The van der Waals surface area contributed by atoms with Crippen molar-refractivity contribution >= 4 is 15.9 Å². The van der Waals surface area contributed by atoms with Crippen molar-refractivity contribution in [1.82, 2.24) is 0 Å². The highest BCUT2D eigenvalue weighted by Crippen LogP contribution is 2.40. The van der Waals surface area contributed by atoms with Crippen molar-refractivity contribution < 1.29 is 4.74 Å².